The number of hydrogen-bond donors (Lipinski definition) is 5. The van der Waals surface area contributed by atoms with Crippen LogP contribution in [0.25, 0.3) is 0 Å². The fourth-order valence-corrected chi connectivity index (χ4v) is 11.9. The third-order valence-corrected chi connectivity index (χ3v) is 16.2. The summed E-state index contributed by atoms with van der Waals surface area (Å²) >= 11 is 0. The Morgan fingerprint density at radius 2 is 1.18 bits per heavy atom. The van der Waals surface area contributed by atoms with Crippen molar-refractivity contribution in [1.82, 2.24) is 30.7 Å². The van der Waals surface area contributed by atoms with Gasteiger partial charge in [0.15, 0.2) is 5.54 Å². The first-order valence-corrected chi connectivity index (χ1v) is 27.9. The van der Waals surface area contributed by atoms with Gasteiger partial charge in [0, 0.05) is 31.3 Å². The Kier molecular flexibility index (Phi) is 19.2. The van der Waals surface area contributed by atoms with E-state index in [0.717, 1.165) is 94.8 Å². The molecule has 0 spiro atoms. The van der Waals surface area contributed by atoms with Crippen LogP contribution in [0.1, 0.15) is 169 Å². The van der Waals surface area contributed by atoms with Gasteiger partial charge in [0.1, 0.15) is 47.5 Å². The summed E-state index contributed by atoms with van der Waals surface area (Å²) in [7, 11) is 1.23. The van der Waals surface area contributed by atoms with Crippen molar-refractivity contribution in [3.05, 3.63) is 24.3 Å². The molecule has 7 amide bonds. The van der Waals surface area contributed by atoms with Gasteiger partial charge < -0.3 is 54.9 Å². The molecule has 4 saturated carbocycles. The summed E-state index contributed by atoms with van der Waals surface area (Å²) in [5, 5.41) is 28.2. The maximum absolute atomic E-state index is 14.4. The lowest BCUT2D eigenvalue weighted by Crippen LogP contribution is -2.60. The van der Waals surface area contributed by atoms with E-state index in [0.29, 0.717) is 38.5 Å². The van der Waals surface area contributed by atoms with Crippen molar-refractivity contribution in [2.45, 2.75) is 228 Å². The maximum Gasteiger partial charge on any atom is 0.418 e. The van der Waals surface area contributed by atoms with E-state index >= 15 is 0 Å². The highest BCUT2D eigenvalue weighted by Crippen LogP contribution is 2.52. The zero-order chi connectivity index (χ0) is 55.0. The van der Waals surface area contributed by atoms with E-state index in [2.05, 4.69) is 16.0 Å². The number of carboxylic acids is 1. The molecule has 0 aromatic carbocycles. The number of esters is 1. The number of imide groups is 1. The van der Waals surface area contributed by atoms with Crippen molar-refractivity contribution in [3.8, 4) is 0 Å². The number of carbonyl (C=O) groups is 9. The number of carboxylic acid groups (broad SMARTS) is 1. The molecule has 422 valence electrons. The largest absolute Gasteiger partial charge is 0.479 e. The van der Waals surface area contributed by atoms with Crippen LogP contribution < -0.4 is 16.0 Å². The predicted octanol–water partition coefficient (Wildman–Crippen LogP) is 5.94. The van der Waals surface area contributed by atoms with Gasteiger partial charge in [-0.05, 0) is 136 Å². The fraction of sp³-hybridized carbons (Fsp3) is 0.764. The summed E-state index contributed by atoms with van der Waals surface area (Å²) < 4.78 is 21.9. The van der Waals surface area contributed by atoms with Gasteiger partial charge in [0.05, 0.1) is 13.2 Å². The van der Waals surface area contributed by atoms with Crippen molar-refractivity contribution in [2.24, 2.45) is 17.8 Å². The minimum absolute atomic E-state index is 0.0209. The fourth-order valence-electron chi connectivity index (χ4n) is 11.9. The minimum atomic E-state index is -1.55. The van der Waals surface area contributed by atoms with Crippen molar-refractivity contribution >= 4 is 53.8 Å². The number of amides is 7. The predicted molar refractivity (Wildman–Crippen MR) is 274 cm³/mol. The first-order chi connectivity index (χ1) is 36.2. The topological polar surface area (TPSA) is 277 Å². The molecule has 8 aliphatic rings. The monoisotopic (exact) mass is 1070 g/mol. The van der Waals surface area contributed by atoms with Gasteiger partial charge in [-0.3, -0.25) is 19.2 Å². The first-order valence-electron chi connectivity index (χ1n) is 27.9. The molecule has 4 aliphatic carbocycles. The van der Waals surface area contributed by atoms with Crippen LogP contribution in [-0.2, 0) is 47.7 Å². The molecule has 4 aliphatic heterocycles. The zero-order valence-electron chi connectivity index (χ0n) is 45.1. The Morgan fingerprint density at radius 1 is 0.671 bits per heavy atom. The lowest BCUT2D eigenvalue weighted by molar-refractivity contribution is -0.157. The molecule has 0 unspecified atom stereocenters. The van der Waals surface area contributed by atoms with E-state index in [1.165, 1.54) is 16.9 Å². The number of ether oxygens (including phenoxy) is 4. The van der Waals surface area contributed by atoms with Gasteiger partial charge in [0.2, 0.25) is 17.7 Å². The van der Waals surface area contributed by atoms with Gasteiger partial charge in [0.25, 0.3) is 5.91 Å². The second kappa shape index (κ2) is 25.2. The number of rotatable bonds is 6. The molecule has 10 atom stereocenters. The van der Waals surface area contributed by atoms with Gasteiger partial charge in [-0.25, -0.2) is 28.9 Å². The van der Waals surface area contributed by atoms with Crippen LogP contribution in [0.5, 0.6) is 0 Å². The standard InChI is InChI=1S/C31H47N3O8.C24H35N3O7/c1-20-17-24-26(36)34(29(39)42-30(2,3)4)31(27(37)40-5)18-21(31)13-9-7-6-8-10-16-23(25(35)33(24)19-20)32-28(38)41-22-14-11-12-15-22;28-16-12-19-20(29)26-24(22(31)32)13-15(24)8-4-2-1-3-5-11-18(21(30)27(19)14-16)25-23(33)34-17-9-6-7-10-17/h9,13,20-24H,6-8,10-12,14-19H2,1-5H3,(H,32,38);4,8,15-19,28H,1-3,5-7,9-14H2,(H,25,33)(H,26,29)(H,31,32)/b13-9-;8-4-/t20-,21-,23+,24+,31-;15-,16-,18+,19+,24-/m11/s1. The molecule has 0 radical (unpaired) electrons. The van der Waals surface area contributed by atoms with Crippen molar-refractivity contribution in [1.29, 1.82) is 0 Å². The molecule has 5 N–H and O–H groups in total. The average molecular weight is 1070 g/mol. The van der Waals surface area contributed by atoms with Gasteiger partial charge in [-0.2, -0.15) is 0 Å². The van der Waals surface area contributed by atoms with E-state index in [1.54, 1.807) is 20.8 Å². The Hall–Kier alpha value is -5.73. The van der Waals surface area contributed by atoms with Crippen LogP contribution in [0, 0.1) is 17.8 Å². The second-order valence-corrected chi connectivity index (χ2v) is 23.3. The van der Waals surface area contributed by atoms with Crippen LogP contribution in [0.2, 0.25) is 0 Å². The number of alkyl carbamates (subject to hydrolysis) is 2. The molecule has 76 heavy (non-hydrogen) atoms. The van der Waals surface area contributed by atoms with Gasteiger partial charge >= 0.3 is 30.2 Å². The smallest absolute Gasteiger partial charge is 0.418 e. The van der Waals surface area contributed by atoms with Crippen LogP contribution in [-0.4, -0.2) is 158 Å². The summed E-state index contributed by atoms with van der Waals surface area (Å²) in [6.07, 6.45) is 19.4. The third kappa shape index (κ3) is 14.1. The van der Waals surface area contributed by atoms with Gasteiger partial charge in [-0.15, -0.1) is 0 Å². The van der Waals surface area contributed by atoms with Gasteiger partial charge in [-0.1, -0.05) is 56.9 Å². The molecule has 0 aromatic rings. The third-order valence-electron chi connectivity index (χ3n) is 16.2. The Balaban J connectivity index is 0.000000226. The van der Waals surface area contributed by atoms with E-state index < -0.39 is 107 Å². The number of hydrogen-bond acceptors (Lipinski definition) is 14. The van der Waals surface area contributed by atoms with E-state index in [4.69, 9.17) is 18.9 Å². The second-order valence-electron chi connectivity index (χ2n) is 23.3. The number of fused-ring (bicyclic) bond motifs is 4. The number of aliphatic carboxylic acids is 1. The van der Waals surface area contributed by atoms with Crippen molar-refractivity contribution in [3.63, 3.8) is 0 Å². The number of methoxy groups -OCH3 is 1. The maximum atomic E-state index is 14.4. The van der Waals surface area contributed by atoms with E-state index in [9.17, 15) is 53.4 Å². The normalized spacial score (nSPS) is 33.6. The van der Waals surface area contributed by atoms with Crippen LogP contribution in [0.3, 0.4) is 0 Å². The van der Waals surface area contributed by atoms with E-state index in [-0.39, 0.29) is 50.0 Å². The minimum Gasteiger partial charge on any atom is -0.479 e. The zero-order valence-corrected chi connectivity index (χ0v) is 45.1. The lowest BCUT2D eigenvalue weighted by atomic mass is 10.0. The summed E-state index contributed by atoms with van der Waals surface area (Å²) in [4.78, 5) is 123. The number of nitrogens with zero attached hydrogens (tertiary/aromatic N) is 3. The van der Waals surface area contributed by atoms with Crippen molar-refractivity contribution < 1.29 is 72.3 Å². The first kappa shape index (κ1) is 58.0. The average Bonchev–Trinajstić information content (AvgIpc) is 3.84. The molecule has 0 aromatic heterocycles. The summed E-state index contributed by atoms with van der Waals surface area (Å²) in [5.41, 5.74) is -3.86. The summed E-state index contributed by atoms with van der Waals surface area (Å²) in [6, 6.07) is -3.76. The highest BCUT2D eigenvalue weighted by atomic mass is 16.6. The molecular formula is C55H82N6O15. The van der Waals surface area contributed by atoms with Crippen LogP contribution >= 0.6 is 0 Å². The highest BCUT2D eigenvalue weighted by molar-refractivity contribution is 6.05. The summed E-state index contributed by atoms with van der Waals surface area (Å²) in [6.45, 7) is 7.23. The molecule has 2 saturated heterocycles. The molecule has 6 fully saturated rings. The molecular weight excluding hydrogens is 985 g/mol. The molecule has 8 rings (SSSR count). The van der Waals surface area contributed by atoms with E-state index in [1.807, 2.05) is 31.2 Å². The quantitative estimate of drug-likeness (QED) is 0.117. The Bertz CT molecular complexity index is 2220. The number of aliphatic hydroxyl groups is 1. The molecule has 21 heteroatoms. The van der Waals surface area contributed by atoms with Crippen LogP contribution in [0.4, 0.5) is 14.4 Å². The summed E-state index contributed by atoms with van der Waals surface area (Å²) in [5.74, 6) is -4.68. The Labute approximate surface area is 445 Å². The Morgan fingerprint density at radius 3 is 1.70 bits per heavy atom. The number of nitrogens with one attached hydrogen (secondary N) is 3. The lowest BCUT2D eigenvalue weighted by Gasteiger charge is -2.35. The highest BCUT2D eigenvalue weighted by Gasteiger charge is 2.69. The molecule has 21 nitrogen and oxygen atoms in total. The number of allylic oxidation sites excluding steroid dienone is 2. The molecule has 4 heterocycles. The van der Waals surface area contributed by atoms with Crippen molar-refractivity contribution in [2.75, 3.05) is 20.2 Å². The number of aliphatic hydroxyl groups excluding tert-OH is 1. The SMILES string of the molecule is COC(=O)[C@@]12C[C@H]1/C=C\CCCCC[C@H](NC(=O)OC1CCCC1)C(=O)N1C[C@H](C)C[C@H]1C(=O)N2C(=O)OC(C)(C)C.O=C(N[C@H]1CCCCC/C=C\[C@@H]2C[C@@]2(C(=O)O)NC(=O)[C@@H]2C[C@@H](O)CN2C1=O)OC1CCCC1. The van der Waals surface area contributed by atoms with Crippen LogP contribution in [0.15, 0.2) is 24.3 Å². The molecule has 0 bridgehead atoms. The number of carbonyl (C=O) groups excluding carboxylic acids is 8.